The molecule has 0 radical (unpaired) electrons. The largest absolute Gasteiger partial charge is 0.492 e. The van der Waals surface area contributed by atoms with E-state index in [0.717, 1.165) is 24.4 Å². The topological polar surface area (TPSA) is 72.9 Å². The standard InChI is InChI=1S/C25H26ClN3O4/c26-24-17-29(13-15-32-24)12-14-31-22-9-3-1-6-19(22)18-33-23-10-4-2-8-21(23)25(30)28-20-7-5-11-27-16-20/h1-11,16,24H,12-15,17-18H2,(H,28,30). The zero-order valence-electron chi connectivity index (χ0n) is 18.2. The normalized spacial score (nSPS) is 16.2. The summed E-state index contributed by atoms with van der Waals surface area (Å²) in [5, 5.41) is 2.84. The number of rotatable bonds is 9. The van der Waals surface area contributed by atoms with Gasteiger partial charge in [0.05, 0.1) is 24.1 Å². The molecular weight excluding hydrogens is 442 g/mol. The summed E-state index contributed by atoms with van der Waals surface area (Å²) in [5.74, 6) is 0.992. The van der Waals surface area contributed by atoms with Crippen molar-refractivity contribution in [1.29, 1.82) is 0 Å². The van der Waals surface area contributed by atoms with Gasteiger partial charge in [0.25, 0.3) is 5.91 Å². The maximum absolute atomic E-state index is 12.8. The lowest BCUT2D eigenvalue weighted by Crippen LogP contribution is -2.41. The van der Waals surface area contributed by atoms with Crippen molar-refractivity contribution in [1.82, 2.24) is 9.88 Å². The van der Waals surface area contributed by atoms with Gasteiger partial charge < -0.3 is 19.5 Å². The quantitative estimate of drug-likeness (QED) is 0.476. The molecule has 0 bridgehead atoms. The highest BCUT2D eigenvalue weighted by Crippen LogP contribution is 2.24. The van der Waals surface area contributed by atoms with E-state index in [1.165, 1.54) is 0 Å². The zero-order valence-corrected chi connectivity index (χ0v) is 18.9. The summed E-state index contributed by atoms with van der Waals surface area (Å²) >= 11 is 6.06. The van der Waals surface area contributed by atoms with Gasteiger partial charge in [0.2, 0.25) is 0 Å². The molecule has 33 heavy (non-hydrogen) atoms. The Morgan fingerprint density at radius 3 is 2.73 bits per heavy atom. The Morgan fingerprint density at radius 1 is 1.09 bits per heavy atom. The lowest BCUT2D eigenvalue weighted by atomic mass is 10.1. The van der Waals surface area contributed by atoms with E-state index in [1.807, 2.05) is 30.3 Å². The van der Waals surface area contributed by atoms with E-state index in [2.05, 4.69) is 15.2 Å². The van der Waals surface area contributed by atoms with Crippen molar-refractivity contribution in [2.75, 3.05) is 38.2 Å². The number of carbonyl (C=O) groups is 1. The smallest absolute Gasteiger partial charge is 0.259 e. The summed E-state index contributed by atoms with van der Waals surface area (Å²) in [4.78, 5) is 19.0. The number of alkyl halides is 1. The van der Waals surface area contributed by atoms with Crippen molar-refractivity contribution in [3.8, 4) is 11.5 Å². The Bertz CT molecular complexity index is 1050. The van der Waals surface area contributed by atoms with Crippen LogP contribution in [0.3, 0.4) is 0 Å². The molecule has 1 atom stereocenters. The van der Waals surface area contributed by atoms with Crippen LogP contribution < -0.4 is 14.8 Å². The molecule has 2 heterocycles. The van der Waals surface area contributed by atoms with Gasteiger partial charge in [-0.3, -0.25) is 14.7 Å². The molecule has 172 valence electrons. The number of hydrogen-bond acceptors (Lipinski definition) is 6. The number of hydrogen-bond donors (Lipinski definition) is 1. The second kappa shape index (κ2) is 11.7. The molecule has 1 amide bonds. The van der Waals surface area contributed by atoms with Crippen LogP contribution in [-0.2, 0) is 11.3 Å². The molecule has 1 aliphatic heterocycles. The summed E-state index contributed by atoms with van der Waals surface area (Å²) in [6, 6.07) is 18.4. The van der Waals surface area contributed by atoms with E-state index in [9.17, 15) is 4.79 Å². The van der Waals surface area contributed by atoms with E-state index in [0.29, 0.717) is 36.8 Å². The molecule has 4 rings (SSSR count). The highest BCUT2D eigenvalue weighted by molar-refractivity contribution is 6.19. The predicted molar refractivity (Wildman–Crippen MR) is 127 cm³/mol. The molecule has 1 saturated heterocycles. The number of benzene rings is 2. The molecule has 1 fully saturated rings. The van der Waals surface area contributed by atoms with Gasteiger partial charge in [-0.2, -0.15) is 0 Å². The molecule has 7 nitrogen and oxygen atoms in total. The predicted octanol–water partition coefficient (Wildman–Crippen LogP) is 4.19. The van der Waals surface area contributed by atoms with Gasteiger partial charge in [0.15, 0.2) is 0 Å². The van der Waals surface area contributed by atoms with Gasteiger partial charge in [-0.15, -0.1) is 0 Å². The summed E-state index contributed by atoms with van der Waals surface area (Å²) < 4.78 is 17.4. The molecule has 1 N–H and O–H groups in total. The third-order valence-electron chi connectivity index (χ3n) is 5.18. The van der Waals surface area contributed by atoms with Gasteiger partial charge in [0, 0.05) is 31.4 Å². The second-order valence-electron chi connectivity index (χ2n) is 7.52. The summed E-state index contributed by atoms with van der Waals surface area (Å²) in [5.41, 5.74) is 1.70. The number of para-hydroxylation sites is 2. The Balaban J connectivity index is 1.36. The number of morpholine rings is 1. The molecule has 1 aliphatic rings. The Labute approximate surface area is 198 Å². The Kier molecular flexibility index (Phi) is 8.14. The van der Waals surface area contributed by atoms with Gasteiger partial charge in [-0.05, 0) is 30.3 Å². The minimum atomic E-state index is -0.269. The molecular formula is C25H26ClN3O4. The number of anilines is 1. The summed E-state index contributed by atoms with van der Waals surface area (Å²) in [6.07, 6.45) is 3.25. The van der Waals surface area contributed by atoms with E-state index < -0.39 is 0 Å². The lowest BCUT2D eigenvalue weighted by molar-refractivity contribution is 0.00961. The fraction of sp³-hybridized carbons (Fsp3) is 0.280. The highest BCUT2D eigenvalue weighted by Gasteiger charge is 2.18. The summed E-state index contributed by atoms with van der Waals surface area (Å²) in [6.45, 7) is 3.73. The second-order valence-corrected chi connectivity index (χ2v) is 8.01. The van der Waals surface area contributed by atoms with Crippen molar-refractivity contribution >= 4 is 23.2 Å². The molecule has 1 aromatic heterocycles. The first-order chi connectivity index (χ1) is 16.2. The molecule has 1 unspecified atom stereocenters. The van der Waals surface area contributed by atoms with E-state index in [-0.39, 0.29) is 18.1 Å². The van der Waals surface area contributed by atoms with E-state index >= 15 is 0 Å². The lowest BCUT2D eigenvalue weighted by Gasteiger charge is -2.29. The van der Waals surface area contributed by atoms with E-state index in [1.54, 1.807) is 42.7 Å². The van der Waals surface area contributed by atoms with Crippen LogP contribution in [0.25, 0.3) is 0 Å². The number of carbonyl (C=O) groups excluding carboxylic acids is 1. The van der Waals surface area contributed by atoms with Crippen LogP contribution in [0.1, 0.15) is 15.9 Å². The minimum absolute atomic E-state index is 0.258. The average molecular weight is 468 g/mol. The van der Waals surface area contributed by atoms with Crippen LogP contribution in [0.4, 0.5) is 5.69 Å². The minimum Gasteiger partial charge on any atom is -0.492 e. The Morgan fingerprint density at radius 2 is 1.91 bits per heavy atom. The van der Waals surface area contributed by atoms with Crippen LogP contribution >= 0.6 is 11.6 Å². The van der Waals surface area contributed by atoms with Gasteiger partial charge >= 0.3 is 0 Å². The first-order valence-electron chi connectivity index (χ1n) is 10.8. The third-order valence-corrected chi connectivity index (χ3v) is 5.44. The molecule has 3 aromatic rings. The number of ether oxygens (including phenoxy) is 3. The highest BCUT2D eigenvalue weighted by atomic mass is 35.5. The SMILES string of the molecule is O=C(Nc1cccnc1)c1ccccc1OCc1ccccc1OCCN1CCOC(Cl)C1. The van der Waals surface area contributed by atoms with Gasteiger partial charge in [0.1, 0.15) is 30.3 Å². The molecule has 0 spiro atoms. The maximum Gasteiger partial charge on any atom is 0.259 e. The number of amides is 1. The van der Waals surface area contributed by atoms with Crippen molar-refractivity contribution in [2.24, 2.45) is 0 Å². The van der Waals surface area contributed by atoms with Gasteiger partial charge in [-0.1, -0.05) is 41.9 Å². The number of pyridine rings is 1. The molecule has 8 heteroatoms. The summed E-state index contributed by atoms with van der Waals surface area (Å²) in [7, 11) is 0. The van der Waals surface area contributed by atoms with E-state index in [4.69, 9.17) is 25.8 Å². The van der Waals surface area contributed by atoms with Crippen LogP contribution in [0, 0.1) is 0 Å². The zero-order chi connectivity index (χ0) is 22.9. The first kappa shape index (κ1) is 23.0. The average Bonchev–Trinajstić information content (AvgIpc) is 2.84. The third kappa shape index (κ3) is 6.68. The van der Waals surface area contributed by atoms with Crippen molar-refractivity contribution < 1.29 is 19.0 Å². The molecule has 0 saturated carbocycles. The number of halogens is 1. The van der Waals surface area contributed by atoms with Crippen molar-refractivity contribution in [2.45, 2.75) is 12.2 Å². The van der Waals surface area contributed by atoms with Crippen LogP contribution in [0.2, 0.25) is 0 Å². The van der Waals surface area contributed by atoms with Crippen LogP contribution in [-0.4, -0.2) is 54.2 Å². The van der Waals surface area contributed by atoms with Crippen LogP contribution in [0.5, 0.6) is 11.5 Å². The first-order valence-corrected chi connectivity index (χ1v) is 11.2. The Hall–Kier alpha value is -3.13. The van der Waals surface area contributed by atoms with Crippen molar-refractivity contribution in [3.63, 3.8) is 0 Å². The number of nitrogens with zero attached hydrogens (tertiary/aromatic N) is 2. The molecule has 2 aromatic carbocycles. The van der Waals surface area contributed by atoms with Crippen LogP contribution in [0.15, 0.2) is 73.1 Å². The van der Waals surface area contributed by atoms with Crippen molar-refractivity contribution in [3.05, 3.63) is 84.2 Å². The number of aromatic nitrogens is 1. The number of nitrogens with one attached hydrogen (secondary N) is 1. The maximum atomic E-state index is 12.8. The molecule has 0 aliphatic carbocycles. The fourth-order valence-electron chi connectivity index (χ4n) is 3.48. The fourth-order valence-corrected chi connectivity index (χ4v) is 3.76. The van der Waals surface area contributed by atoms with Gasteiger partial charge in [-0.25, -0.2) is 0 Å². The monoisotopic (exact) mass is 467 g/mol.